The van der Waals surface area contributed by atoms with E-state index in [9.17, 15) is 5.11 Å². The molecule has 0 amide bonds. The molecule has 3 N–H and O–H groups in total. The zero-order valence-corrected chi connectivity index (χ0v) is 12.6. The maximum Gasteiger partial charge on any atom is 0.206 e. The minimum atomic E-state index is -0.891. The lowest BCUT2D eigenvalue weighted by molar-refractivity contribution is 0.219. The normalized spacial score (nSPS) is 12.6. The molecule has 7 nitrogen and oxygen atoms in total. The van der Waals surface area contributed by atoms with Gasteiger partial charge in [-0.1, -0.05) is 23.4 Å². The lowest BCUT2D eigenvalue weighted by Crippen LogP contribution is -1.96. The zero-order chi connectivity index (χ0) is 16.1. The van der Waals surface area contributed by atoms with Crippen LogP contribution in [0.25, 0.3) is 6.08 Å². The maximum atomic E-state index is 9.95. The van der Waals surface area contributed by atoms with Crippen molar-refractivity contribution in [1.29, 1.82) is 0 Å². The van der Waals surface area contributed by atoms with Crippen molar-refractivity contribution in [3.05, 3.63) is 65.2 Å². The molecule has 1 atom stereocenters. The first-order valence-electron chi connectivity index (χ1n) is 7.15. The summed E-state index contributed by atoms with van der Waals surface area (Å²) in [6.45, 7) is 0. The van der Waals surface area contributed by atoms with Crippen molar-refractivity contribution in [2.24, 2.45) is 0 Å². The minimum absolute atomic E-state index is 0.244. The number of nitrogens with one attached hydrogen (secondary N) is 2. The molecule has 118 valence electrons. The van der Waals surface area contributed by atoms with Gasteiger partial charge in [-0.25, -0.2) is 0 Å². The van der Waals surface area contributed by atoms with E-state index in [1.54, 1.807) is 13.2 Å². The van der Waals surface area contributed by atoms with Crippen LogP contribution in [0, 0.1) is 0 Å². The molecule has 0 saturated heterocycles. The highest BCUT2D eigenvalue weighted by Crippen LogP contribution is 2.18. The molecule has 0 aliphatic rings. The lowest BCUT2D eigenvalue weighted by Gasteiger charge is -2.04. The fourth-order valence-electron chi connectivity index (χ4n) is 2.25. The van der Waals surface area contributed by atoms with Gasteiger partial charge in [0.1, 0.15) is 11.9 Å². The number of aromatic amines is 2. The van der Waals surface area contributed by atoms with E-state index in [0.29, 0.717) is 0 Å². The molecule has 7 heteroatoms. The van der Waals surface area contributed by atoms with Gasteiger partial charge in [0.25, 0.3) is 0 Å². The van der Waals surface area contributed by atoms with E-state index in [1.165, 1.54) is 5.56 Å². The number of hydrogen-bond acceptors (Lipinski definition) is 5. The number of benzene rings is 1. The molecular formula is C16H17N5O2. The summed E-state index contributed by atoms with van der Waals surface area (Å²) in [5.74, 6) is 1.08. The van der Waals surface area contributed by atoms with E-state index >= 15 is 0 Å². The van der Waals surface area contributed by atoms with Gasteiger partial charge in [0.2, 0.25) is 5.82 Å². The first-order chi connectivity index (χ1) is 11.3. The molecule has 0 radical (unpaired) electrons. The summed E-state index contributed by atoms with van der Waals surface area (Å²) < 4.78 is 5.16. The Balaban J connectivity index is 1.71. The number of ether oxygens (including phenoxy) is 1. The fourth-order valence-corrected chi connectivity index (χ4v) is 2.25. The summed E-state index contributed by atoms with van der Waals surface area (Å²) in [6, 6.07) is 9.89. The van der Waals surface area contributed by atoms with Crippen molar-refractivity contribution >= 4 is 6.08 Å². The molecule has 2 heterocycles. The highest BCUT2D eigenvalue weighted by atomic mass is 16.5. The number of aliphatic hydroxyl groups is 1. The quantitative estimate of drug-likeness (QED) is 0.645. The number of tetrazole rings is 1. The SMILES string of the molecule is COc1ccc(Cc2[nH]ccc2C=CC(O)c2nn[nH]n2)cc1. The molecule has 0 aliphatic carbocycles. The van der Waals surface area contributed by atoms with Crippen LogP contribution in [0.2, 0.25) is 0 Å². The molecule has 0 saturated carbocycles. The van der Waals surface area contributed by atoms with E-state index in [0.717, 1.165) is 23.4 Å². The lowest BCUT2D eigenvalue weighted by atomic mass is 10.1. The molecule has 3 aromatic rings. The third-order valence-corrected chi connectivity index (χ3v) is 3.49. The first-order valence-corrected chi connectivity index (χ1v) is 7.15. The van der Waals surface area contributed by atoms with Gasteiger partial charge in [0.05, 0.1) is 7.11 Å². The van der Waals surface area contributed by atoms with Gasteiger partial charge in [-0.2, -0.15) is 5.21 Å². The minimum Gasteiger partial charge on any atom is -0.497 e. The Morgan fingerprint density at radius 1 is 1.26 bits per heavy atom. The van der Waals surface area contributed by atoms with Gasteiger partial charge in [-0.05, 0) is 35.4 Å². The largest absolute Gasteiger partial charge is 0.497 e. The van der Waals surface area contributed by atoms with Crippen molar-refractivity contribution in [2.75, 3.05) is 7.11 Å². The van der Waals surface area contributed by atoms with Crippen molar-refractivity contribution in [1.82, 2.24) is 25.6 Å². The van der Waals surface area contributed by atoms with Gasteiger partial charge >= 0.3 is 0 Å². The van der Waals surface area contributed by atoms with Crippen LogP contribution in [0.5, 0.6) is 5.75 Å². The highest BCUT2D eigenvalue weighted by molar-refractivity contribution is 5.53. The van der Waals surface area contributed by atoms with Gasteiger partial charge < -0.3 is 14.8 Å². The van der Waals surface area contributed by atoms with Crippen LogP contribution in [-0.2, 0) is 6.42 Å². The van der Waals surface area contributed by atoms with E-state index < -0.39 is 6.10 Å². The highest BCUT2D eigenvalue weighted by Gasteiger charge is 2.09. The predicted molar refractivity (Wildman–Crippen MR) is 84.8 cm³/mol. The van der Waals surface area contributed by atoms with Crippen molar-refractivity contribution in [2.45, 2.75) is 12.5 Å². The molecular weight excluding hydrogens is 294 g/mol. The summed E-state index contributed by atoms with van der Waals surface area (Å²) >= 11 is 0. The van der Waals surface area contributed by atoms with Gasteiger partial charge in [0.15, 0.2) is 0 Å². The number of aliphatic hydroxyl groups excluding tert-OH is 1. The number of rotatable bonds is 6. The van der Waals surface area contributed by atoms with Crippen molar-refractivity contribution in [3.63, 3.8) is 0 Å². The molecule has 1 aromatic carbocycles. The van der Waals surface area contributed by atoms with Crippen LogP contribution in [0.15, 0.2) is 42.6 Å². The second-order valence-corrected chi connectivity index (χ2v) is 5.01. The molecule has 3 rings (SSSR count). The van der Waals surface area contributed by atoms with Crippen LogP contribution in [-0.4, -0.2) is 37.8 Å². The van der Waals surface area contributed by atoms with Crippen LogP contribution in [0.1, 0.15) is 28.7 Å². The molecule has 1 unspecified atom stereocenters. The topological polar surface area (TPSA) is 99.7 Å². The van der Waals surface area contributed by atoms with Gasteiger partial charge in [-0.3, -0.25) is 0 Å². The van der Waals surface area contributed by atoms with Crippen LogP contribution >= 0.6 is 0 Å². The maximum absolute atomic E-state index is 9.95. The number of hydrogen-bond donors (Lipinski definition) is 3. The Morgan fingerprint density at radius 2 is 2.09 bits per heavy atom. The summed E-state index contributed by atoms with van der Waals surface area (Å²) in [5.41, 5.74) is 3.23. The van der Waals surface area contributed by atoms with E-state index in [1.807, 2.05) is 42.6 Å². The zero-order valence-electron chi connectivity index (χ0n) is 12.6. The molecule has 2 aromatic heterocycles. The number of methoxy groups -OCH3 is 1. The Bertz CT molecular complexity index is 762. The smallest absolute Gasteiger partial charge is 0.206 e. The molecule has 0 spiro atoms. The predicted octanol–water partition coefficient (Wildman–Crippen LogP) is 1.87. The Kier molecular flexibility index (Phi) is 4.49. The van der Waals surface area contributed by atoms with E-state index in [-0.39, 0.29) is 5.82 Å². The number of aromatic nitrogens is 5. The first kappa shape index (κ1) is 15.0. The van der Waals surface area contributed by atoms with Crippen LogP contribution in [0.4, 0.5) is 0 Å². The molecule has 0 bridgehead atoms. The van der Waals surface area contributed by atoms with E-state index in [2.05, 4.69) is 25.6 Å². The Morgan fingerprint density at radius 3 is 2.78 bits per heavy atom. The van der Waals surface area contributed by atoms with E-state index in [4.69, 9.17) is 4.74 Å². The number of H-pyrrole nitrogens is 2. The van der Waals surface area contributed by atoms with Gasteiger partial charge in [-0.15, -0.1) is 10.2 Å². The Labute approximate surface area is 133 Å². The third-order valence-electron chi connectivity index (χ3n) is 3.49. The van der Waals surface area contributed by atoms with Gasteiger partial charge in [0, 0.05) is 18.3 Å². The standard InChI is InChI=1S/C16H17N5O2/c1-23-13-5-2-11(3-6-13)10-14-12(8-9-17-14)4-7-15(22)16-18-20-21-19-16/h2-9,15,17,22H,10H2,1H3,(H,18,19,20,21). The van der Waals surface area contributed by atoms with Crippen LogP contribution in [0.3, 0.4) is 0 Å². The summed E-state index contributed by atoms with van der Waals surface area (Å²) in [4.78, 5) is 3.23. The number of nitrogens with zero attached hydrogens (tertiary/aromatic N) is 3. The van der Waals surface area contributed by atoms with Crippen molar-refractivity contribution < 1.29 is 9.84 Å². The Hall–Kier alpha value is -2.93. The molecule has 23 heavy (non-hydrogen) atoms. The average Bonchev–Trinajstić information content (AvgIpc) is 3.25. The average molecular weight is 311 g/mol. The molecule has 0 fully saturated rings. The second kappa shape index (κ2) is 6.89. The summed E-state index contributed by atoms with van der Waals surface area (Å²) in [5, 5.41) is 23.2. The fraction of sp³-hybridized carbons (Fsp3) is 0.188. The third kappa shape index (κ3) is 3.64. The second-order valence-electron chi connectivity index (χ2n) is 5.01. The monoisotopic (exact) mass is 311 g/mol. The van der Waals surface area contributed by atoms with Crippen LogP contribution < -0.4 is 4.74 Å². The summed E-state index contributed by atoms with van der Waals surface area (Å²) in [6.07, 6.45) is 5.22. The molecule has 0 aliphatic heterocycles. The van der Waals surface area contributed by atoms with Crippen molar-refractivity contribution in [3.8, 4) is 5.75 Å². The summed E-state index contributed by atoms with van der Waals surface area (Å²) in [7, 11) is 1.65.